The zero-order chi connectivity index (χ0) is 22.6. The molecule has 1 rings (SSSR count). The molecule has 1 aromatic rings. The van der Waals surface area contributed by atoms with E-state index >= 15 is 0 Å². The molecule has 3 N–H and O–H groups in total. The molecule has 0 saturated heterocycles. The van der Waals surface area contributed by atoms with Crippen molar-refractivity contribution in [2.45, 2.75) is 50.0 Å². The topological polar surface area (TPSA) is 178 Å². The number of carbonyl (C=O) groups is 3. The number of nitrogens with zero attached hydrogens (tertiary/aromatic N) is 3. The van der Waals surface area contributed by atoms with E-state index < -0.39 is 22.0 Å². The predicted octanol–water partition coefficient (Wildman–Crippen LogP) is 2.00. The number of benzene rings is 1. The quantitative estimate of drug-likeness (QED) is 0.131. The van der Waals surface area contributed by atoms with Gasteiger partial charge in [0.1, 0.15) is 0 Å². The molecule has 11 nitrogen and oxygen atoms in total. The number of sulfonamides is 1. The van der Waals surface area contributed by atoms with Crippen LogP contribution in [0.2, 0.25) is 0 Å². The molecule has 0 aliphatic rings. The maximum atomic E-state index is 12.2. The monoisotopic (exact) mass is 439 g/mol. The number of ketones is 1. The van der Waals surface area contributed by atoms with Gasteiger partial charge in [-0.05, 0) is 37.4 Å². The van der Waals surface area contributed by atoms with Gasteiger partial charge < -0.3 is 10.4 Å². The standard InChI is InChI=1S/C18H25N5O6S/c1-13(24)14-6-8-16(9-7-14)30(28,29)21-10-4-2-3-5-17(25)22-15(11-18(26)27)12-20-23-19/h6-9,15,21H,2-5,10-12H2,1H3,(H,22,25)(H,26,27)/t15-/m0/s1. The summed E-state index contributed by atoms with van der Waals surface area (Å²) in [6.45, 7) is 1.44. The zero-order valence-electron chi connectivity index (χ0n) is 16.6. The minimum Gasteiger partial charge on any atom is -0.481 e. The van der Waals surface area contributed by atoms with Crippen molar-refractivity contribution in [1.82, 2.24) is 10.0 Å². The molecule has 0 aliphatic heterocycles. The highest BCUT2D eigenvalue weighted by molar-refractivity contribution is 7.89. The van der Waals surface area contributed by atoms with Crippen LogP contribution in [0.25, 0.3) is 10.4 Å². The number of carboxylic acids is 1. The van der Waals surface area contributed by atoms with E-state index in [0.29, 0.717) is 24.8 Å². The van der Waals surface area contributed by atoms with E-state index in [2.05, 4.69) is 20.1 Å². The minimum atomic E-state index is -3.68. The van der Waals surface area contributed by atoms with Crippen molar-refractivity contribution in [1.29, 1.82) is 0 Å². The smallest absolute Gasteiger partial charge is 0.305 e. The molecule has 0 saturated carbocycles. The first kappa shape index (κ1) is 25.1. The van der Waals surface area contributed by atoms with Gasteiger partial charge in [-0.15, -0.1) is 0 Å². The van der Waals surface area contributed by atoms with Crippen LogP contribution in [0.3, 0.4) is 0 Å². The van der Waals surface area contributed by atoms with Crippen molar-refractivity contribution in [3.8, 4) is 0 Å². The van der Waals surface area contributed by atoms with Crippen molar-refractivity contribution in [3.63, 3.8) is 0 Å². The molecule has 164 valence electrons. The third-order valence-corrected chi connectivity index (χ3v) is 5.57. The van der Waals surface area contributed by atoms with Crippen molar-refractivity contribution in [2.24, 2.45) is 5.11 Å². The van der Waals surface area contributed by atoms with Crippen molar-refractivity contribution in [2.75, 3.05) is 13.1 Å². The van der Waals surface area contributed by atoms with Gasteiger partial charge in [-0.1, -0.05) is 23.7 Å². The summed E-state index contributed by atoms with van der Waals surface area (Å²) >= 11 is 0. The number of azide groups is 1. The molecule has 0 aliphatic carbocycles. The van der Waals surface area contributed by atoms with Gasteiger partial charge in [0.15, 0.2) is 5.78 Å². The van der Waals surface area contributed by atoms with Crippen LogP contribution in [-0.2, 0) is 19.6 Å². The Balaban J connectivity index is 2.34. The molecule has 0 unspecified atom stereocenters. The molecule has 0 aromatic heterocycles. The number of amides is 1. The number of hydrogen-bond acceptors (Lipinski definition) is 6. The number of nitrogens with one attached hydrogen (secondary N) is 2. The summed E-state index contributed by atoms with van der Waals surface area (Å²) in [4.78, 5) is 36.5. The lowest BCUT2D eigenvalue weighted by Gasteiger charge is -2.14. The molecule has 0 radical (unpaired) electrons. The average Bonchev–Trinajstić information content (AvgIpc) is 2.68. The SMILES string of the molecule is CC(=O)c1ccc(S(=O)(=O)NCCCCCC(=O)N[C@H](CN=[N+]=[N-])CC(=O)O)cc1. The molecule has 0 spiro atoms. The van der Waals surface area contributed by atoms with Crippen LogP contribution in [0.5, 0.6) is 0 Å². The number of carboxylic acid groups (broad SMARTS) is 1. The number of rotatable bonds is 14. The lowest BCUT2D eigenvalue weighted by atomic mass is 10.1. The minimum absolute atomic E-state index is 0.0661. The average molecular weight is 439 g/mol. The van der Waals surface area contributed by atoms with E-state index in [9.17, 15) is 22.8 Å². The van der Waals surface area contributed by atoms with Crippen LogP contribution in [0.4, 0.5) is 0 Å². The van der Waals surface area contributed by atoms with E-state index in [1.807, 2.05) is 0 Å². The highest BCUT2D eigenvalue weighted by atomic mass is 32.2. The number of unbranched alkanes of at least 4 members (excludes halogenated alkanes) is 2. The highest BCUT2D eigenvalue weighted by Crippen LogP contribution is 2.11. The first-order valence-electron chi connectivity index (χ1n) is 9.28. The predicted molar refractivity (Wildman–Crippen MR) is 108 cm³/mol. The number of Topliss-reactive ketones (excluding diaryl/α,β-unsaturated/α-hetero) is 1. The van der Waals surface area contributed by atoms with Gasteiger partial charge in [0.2, 0.25) is 15.9 Å². The van der Waals surface area contributed by atoms with Crippen LogP contribution in [0.1, 0.15) is 49.4 Å². The molecule has 0 heterocycles. The van der Waals surface area contributed by atoms with Crippen molar-refractivity contribution >= 4 is 27.7 Å². The van der Waals surface area contributed by atoms with Crippen molar-refractivity contribution < 1.29 is 27.9 Å². The Bertz CT molecular complexity index is 890. The Hall–Kier alpha value is -2.95. The van der Waals surface area contributed by atoms with Crippen LogP contribution in [0, 0.1) is 0 Å². The molecule has 0 bridgehead atoms. The van der Waals surface area contributed by atoms with Gasteiger partial charge >= 0.3 is 5.97 Å². The van der Waals surface area contributed by atoms with Crippen molar-refractivity contribution in [3.05, 3.63) is 40.3 Å². The molecular formula is C18H25N5O6S. The fourth-order valence-electron chi connectivity index (χ4n) is 2.55. The molecule has 0 fully saturated rings. The Morgan fingerprint density at radius 2 is 1.83 bits per heavy atom. The van der Waals surface area contributed by atoms with Gasteiger partial charge in [0.25, 0.3) is 0 Å². The maximum absolute atomic E-state index is 12.2. The second-order valence-electron chi connectivity index (χ2n) is 6.56. The fraction of sp³-hybridized carbons (Fsp3) is 0.500. The molecule has 30 heavy (non-hydrogen) atoms. The summed E-state index contributed by atoms with van der Waals surface area (Å²) in [5, 5.41) is 14.6. The molecule has 1 atom stereocenters. The van der Waals surface area contributed by atoms with Crippen LogP contribution < -0.4 is 10.0 Å². The second-order valence-corrected chi connectivity index (χ2v) is 8.33. The number of carbonyl (C=O) groups excluding carboxylic acids is 2. The van der Waals surface area contributed by atoms with Gasteiger partial charge in [-0.25, -0.2) is 13.1 Å². The Kier molecular flexibility index (Phi) is 10.5. The fourth-order valence-corrected chi connectivity index (χ4v) is 3.63. The third-order valence-electron chi connectivity index (χ3n) is 4.10. The summed E-state index contributed by atoms with van der Waals surface area (Å²) in [6, 6.07) is 4.87. The van der Waals surface area contributed by atoms with Crippen LogP contribution >= 0.6 is 0 Å². The van der Waals surface area contributed by atoms with Gasteiger partial charge in [-0.3, -0.25) is 14.4 Å². The Labute approximate surface area is 174 Å². The number of hydrogen-bond donors (Lipinski definition) is 3. The zero-order valence-corrected chi connectivity index (χ0v) is 17.4. The summed E-state index contributed by atoms with van der Waals surface area (Å²) < 4.78 is 26.9. The van der Waals surface area contributed by atoms with E-state index in [4.69, 9.17) is 10.6 Å². The maximum Gasteiger partial charge on any atom is 0.305 e. The summed E-state index contributed by atoms with van der Waals surface area (Å²) in [5.41, 5.74) is 8.74. The highest BCUT2D eigenvalue weighted by Gasteiger charge is 2.16. The largest absolute Gasteiger partial charge is 0.481 e. The van der Waals surface area contributed by atoms with Crippen LogP contribution in [0.15, 0.2) is 34.3 Å². The lowest BCUT2D eigenvalue weighted by Crippen LogP contribution is -2.38. The summed E-state index contributed by atoms with van der Waals surface area (Å²) in [7, 11) is -3.68. The molecular weight excluding hydrogens is 414 g/mol. The van der Waals surface area contributed by atoms with Gasteiger partial charge in [-0.2, -0.15) is 0 Å². The van der Waals surface area contributed by atoms with E-state index in [1.165, 1.54) is 31.2 Å². The van der Waals surface area contributed by atoms with E-state index in [-0.39, 0.29) is 42.5 Å². The van der Waals surface area contributed by atoms with E-state index in [1.54, 1.807) is 0 Å². The van der Waals surface area contributed by atoms with Gasteiger partial charge in [0, 0.05) is 36.0 Å². The third kappa shape index (κ3) is 9.50. The van der Waals surface area contributed by atoms with Crippen LogP contribution in [-0.4, -0.2) is 50.3 Å². The Morgan fingerprint density at radius 1 is 1.17 bits per heavy atom. The normalized spacial score (nSPS) is 11.9. The lowest BCUT2D eigenvalue weighted by molar-refractivity contribution is -0.137. The first-order chi connectivity index (χ1) is 14.2. The summed E-state index contributed by atoms with van der Waals surface area (Å²) in [6.07, 6.45) is 1.38. The first-order valence-corrected chi connectivity index (χ1v) is 10.8. The van der Waals surface area contributed by atoms with Gasteiger partial charge in [0.05, 0.1) is 11.3 Å². The Morgan fingerprint density at radius 3 is 2.40 bits per heavy atom. The second kappa shape index (κ2) is 12.6. The summed E-state index contributed by atoms with van der Waals surface area (Å²) in [5.74, 6) is -1.62. The molecule has 12 heteroatoms. The molecule has 1 amide bonds. The van der Waals surface area contributed by atoms with E-state index in [0.717, 1.165) is 0 Å². The molecule has 1 aromatic carbocycles. The number of aliphatic carboxylic acids is 1.